The minimum Gasteiger partial charge on any atom is -0.462 e. The van der Waals surface area contributed by atoms with Crippen LogP contribution in [0.15, 0.2) is 0 Å². The standard InChI is InChI=1S/C41H78O9/c1-4-6-8-10-12-14-16-18-20-22-24-26-28-30-36(42)47-32-35(33-48-41-40(46)39(45)38(44)34(3)49-41)50-37(43)31-29-27-25-23-21-19-17-15-13-11-9-7-5-2/h34-35,38-41,44-46H,4-33H2,1-3H3/t34-,35-,38+,39+,40-,41-/m1/s1. The van der Waals surface area contributed by atoms with Crippen LogP contribution in [0.5, 0.6) is 0 Å². The number of ether oxygens (including phenoxy) is 4. The molecule has 1 saturated heterocycles. The second kappa shape index (κ2) is 32.4. The van der Waals surface area contributed by atoms with Crippen LogP contribution in [0.3, 0.4) is 0 Å². The summed E-state index contributed by atoms with van der Waals surface area (Å²) in [6, 6.07) is 0. The third-order valence-corrected chi connectivity index (χ3v) is 9.95. The molecule has 0 spiro atoms. The molecule has 3 N–H and O–H groups in total. The number of aliphatic hydroxyl groups is 3. The van der Waals surface area contributed by atoms with Gasteiger partial charge in [-0.2, -0.15) is 0 Å². The van der Waals surface area contributed by atoms with E-state index < -0.39 is 36.8 Å². The van der Waals surface area contributed by atoms with Gasteiger partial charge < -0.3 is 34.3 Å². The van der Waals surface area contributed by atoms with Gasteiger partial charge in [-0.3, -0.25) is 9.59 Å². The topological polar surface area (TPSA) is 132 Å². The van der Waals surface area contributed by atoms with E-state index in [4.69, 9.17) is 18.9 Å². The lowest BCUT2D eigenvalue weighted by Crippen LogP contribution is -2.57. The van der Waals surface area contributed by atoms with E-state index in [1.54, 1.807) is 6.92 Å². The number of hydrogen-bond acceptors (Lipinski definition) is 9. The molecule has 1 heterocycles. The summed E-state index contributed by atoms with van der Waals surface area (Å²) >= 11 is 0. The van der Waals surface area contributed by atoms with E-state index in [0.29, 0.717) is 6.42 Å². The largest absolute Gasteiger partial charge is 0.462 e. The first-order valence-corrected chi connectivity index (χ1v) is 21.0. The third kappa shape index (κ3) is 24.8. The van der Waals surface area contributed by atoms with Crippen LogP contribution >= 0.6 is 0 Å². The smallest absolute Gasteiger partial charge is 0.306 e. The highest BCUT2D eigenvalue weighted by molar-refractivity contribution is 5.70. The van der Waals surface area contributed by atoms with E-state index in [9.17, 15) is 24.9 Å². The van der Waals surface area contributed by atoms with Crippen LogP contribution in [0.25, 0.3) is 0 Å². The summed E-state index contributed by atoms with van der Waals surface area (Å²) in [6.07, 6.45) is 25.4. The first-order valence-electron chi connectivity index (χ1n) is 21.0. The number of hydrogen-bond donors (Lipinski definition) is 3. The van der Waals surface area contributed by atoms with Gasteiger partial charge in [-0.05, 0) is 19.8 Å². The minimum atomic E-state index is -1.47. The molecular formula is C41H78O9. The van der Waals surface area contributed by atoms with Crippen LogP contribution in [0.4, 0.5) is 0 Å². The Balaban J connectivity index is 2.31. The molecule has 0 aromatic rings. The summed E-state index contributed by atoms with van der Waals surface area (Å²) in [5.74, 6) is -0.727. The van der Waals surface area contributed by atoms with Crippen molar-refractivity contribution in [1.29, 1.82) is 0 Å². The Morgan fingerprint density at radius 1 is 0.520 bits per heavy atom. The Kier molecular flexibility index (Phi) is 30.3. The first-order chi connectivity index (χ1) is 24.3. The fourth-order valence-electron chi connectivity index (χ4n) is 6.55. The highest BCUT2D eigenvalue weighted by Crippen LogP contribution is 2.22. The number of rotatable bonds is 34. The average molecular weight is 715 g/mol. The summed E-state index contributed by atoms with van der Waals surface area (Å²) < 4.78 is 22.3. The predicted octanol–water partition coefficient (Wildman–Crippen LogP) is 9.25. The van der Waals surface area contributed by atoms with Crippen molar-refractivity contribution in [2.24, 2.45) is 0 Å². The van der Waals surface area contributed by atoms with Crippen molar-refractivity contribution in [1.82, 2.24) is 0 Å². The number of aliphatic hydroxyl groups excluding tert-OH is 3. The molecule has 0 bridgehead atoms. The molecule has 0 aromatic carbocycles. The molecule has 1 fully saturated rings. The molecule has 0 unspecified atom stereocenters. The summed E-state index contributed by atoms with van der Waals surface area (Å²) in [5, 5.41) is 30.4. The highest BCUT2D eigenvalue weighted by Gasteiger charge is 2.42. The van der Waals surface area contributed by atoms with E-state index in [2.05, 4.69) is 13.8 Å². The van der Waals surface area contributed by atoms with Gasteiger partial charge in [-0.15, -0.1) is 0 Å². The van der Waals surface area contributed by atoms with E-state index in [-0.39, 0.29) is 31.6 Å². The number of unbranched alkanes of at least 4 members (excludes halogenated alkanes) is 24. The maximum Gasteiger partial charge on any atom is 0.306 e. The van der Waals surface area contributed by atoms with Gasteiger partial charge in [0.2, 0.25) is 0 Å². The monoisotopic (exact) mass is 715 g/mol. The zero-order chi connectivity index (χ0) is 36.7. The maximum absolute atomic E-state index is 12.7. The highest BCUT2D eigenvalue weighted by atomic mass is 16.7. The maximum atomic E-state index is 12.7. The lowest BCUT2D eigenvalue weighted by atomic mass is 10.0. The normalized spacial score (nSPS) is 21.3. The summed E-state index contributed by atoms with van der Waals surface area (Å²) in [6.45, 7) is 5.72. The van der Waals surface area contributed by atoms with Crippen LogP contribution in [-0.4, -0.2) is 77.3 Å². The zero-order valence-electron chi connectivity index (χ0n) is 32.5. The van der Waals surface area contributed by atoms with Gasteiger partial charge in [0.1, 0.15) is 24.9 Å². The molecule has 0 radical (unpaired) electrons. The number of esters is 2. The molecule has 0 saturated carbocycles. The number of carbonyl (C=O) groups is 2. The summed E-state index contributed by atoms with van der Waals surface area (Å²) in [5.41, 5.74) is 0. The Hall–Kier alpha value is -1.26. The van der Waals surface area contributed by atoms with Crippen molar-refractivity contribution in [3.63, 3.8) is 0 Å². The van der Waals surface area contributed by atoms with Crippen LogP contribution in [0, 0.1) is 0 Å². The van der Waals surface area contributed by atoms with Crippen molar-refractivity contribution >= 4 is 11.9 Å². The molecule has 1 aliphatic rings. The summed E-state index contributed by atoms with van der Waals surface area (Å²) in [7, 11) is 0. The molecule has 1 aliphatic heterocycles. The van der Waals surface area contributed by atoms with Gasteiger partial charge in [-0.25, -0.2) is 0 Å². The first kappa shape index (κ1) is 46.8. The predicted molar refractivity (Wildman–Crippen MR) is 200 cm³/mol. The van der Waals surface area contributed by atoms with Gasteiger partial charge in [0, 0.05) is 12.8 Å². The Labute approximate surface area is 305 Å². The molecule has 0 amide bonds. The fourth-order valence-corrected chi connectivity index (χ4v) is 6.55. The van der Waals surface area contributed by atoms with E-state index >= 15 is 0 Å². The minimum absolute atomic E-state index is 0.162. The molecular weight excluding hydrogens is 636 g/mol. The SMILES string of the molecule is CCCCCCCCCCCCCCCC(=O)OC[C@H](CO[C@@H]1O[C@H](C)[C@H](O)[C@H](O)[C@H]1O)OC(=O)CCCCCCCCCCCCCCC. The molecule has 9 heteroatoms. The zero-order valence-corrected chi connectivity index (χ0v) is 32.5. The van der Waals surface area contributed by atoms with Crippen molar-refractivity contribution in [2.45, 2.75) is 237 Å². The van der Waals surface area contributed by atoms with Crippen LogP contribution < -0.4 is 0 Å². The van der Waals surface area contributed by atoms with Gasteiger partial charge in [-0.1, -0.05) is 168 Å². The summed E-state index contributed by atoms with van der Waals surface area (Å²) in [4.78, 5) is 25.2. The van der Waals surface area contributed by atoms with Gasteiger partial charge in [0.15, 0.2) is 12.4 Å². The molecule has 296 valence electrons. The Morgan fingerprint density at radius 2 is 0.900 bits per heavy atom. The number of carbonyl (C=O) groups excluding carboxylic acids is 2. The van der Waals surface area contributed by atoms with E-state index in [1.807, 2.05) is 0 Å². The van der Waals surface area contributed by atoms with Crippen LogP contribution in [-0.2, 0) is 28.5 Å². The van der Waals surface area contributed by atoms with Crippen LogP contribution in [0.2, 0.25) is 0 Å². The van der Waals surface area contributed by atoms with Crippen molar-refractivity contribution in [2.75, 3.05) is 13.2 Å². The molecule has 1 rings (SSSR count). The molecule has 50 heavy (non-hydrogen) atoms. The van der Waals surface area contributed by atoms with Gasteiger partial charge in [0.25, 0.3) is 0 Å². The molecule has 0 aromatic heterocycles. The molecule has 0 aliphatic carbocycles. The third-order valence-electron chi connectivity index (χ3n) is 9.95. The van der Waals surface area contributed by atoms with E-state index in [1.165, 1.54) is 128 Å². The van der Waals surface area contributed by atoms with Crippen LogP contribution in [0.1, 0.15) is 201 Å². The second-order valence-corrected chi connectivity index (χ2v) is 14.8. The second-order valence-electron chi connectivity index (χ2n) is 14.8. The molecule has 9 nitrogen and oxygen atoms in total. The van der Waals surface area contributed by atoms with Gasteiger partial charge >= 0.3 is 11.9 Å². The fraction of sp³-hybridized carbons (Fsp3) is 0.951. The van der Waals surface area contributed by atoms with E-state index in [0.717, 1.165) is 38.5 Å². The lowest BCUT2D eigenvalue weighted by Gasteiger charge is -2.39. The Bertz CT molecular complexity index is 794. The van der Waals surface area contributed by atoms with Crippen molar-refractivity contribution in [3.8, 4) is 0 Å². The Morgan fingerprint density at radius 3 is 1.32 bits per heavy atom. The average Bonchev–Trinajstić information content (AvgIpc) is 3.11. The quantitative estimate of drug-likeness (QED) is 0.0441. The molecule has 6 atom stereocenters. The lowest BCUT2D eigenvalue weighted by molar-refractivity contribution is -0.297. The van der Waals surface area contributed by atoms with Crippen molar-refractivity contribution < 1.29 is 43.9 Å². The van der Waals surface area contributed by atoms with Gasteiger partial charge in [0.05, 0.1) is 12.7 Å². The van der Waals surface area contributed by atoms with Crippen molar-refractivity contribution in [3.05, 3.63) is 0 Å².